The Balaban J connectivity index is 0.000000244. The van der Waals surface area contributed by atoms with Crippen molar-refractivity contribution < 1.29 is 51.0 Å². The minimum absolute atomic E-state index is 0. The van der Waals surface area contributed by atoms with Gasteiger partial charge in [-0.25, -0.2) is 0 Å². The Hall–Kier alpha value is -1.25. The molecule has 3 aromatic carbocycles. The van der Waals surface area contributed by atoms with Gasteiger partial charge in [-0.1, -0.05) is 48.1 Å². The predicted molar refractivity (Wildman–Crippen MR) is 123 cm³/mol. The first-order chi connectivity index (χ1) is 13.5. The molecule has 5 heteroatoms. The Morgan fingerprint density at radius 2 is 1.52 bits per heavy atom. The summed E-state index contributed by atoms with van der Waals surface area (Å²) >= 11 is 0. The maximum Gasteiger partial charge on any atom is 3.00 e. The average molecular weight is 543 g/mol. The molecule has 1 atom stereocenters. The van der Waals surface area contributed by atoms with Crippen LogP contribution in [0, 0.1) is 6.92 Å². The molecule has 7 rings (SSSR count). The predicted octanol–water partition coefficient (Wildman–Crippen LogP) is 1.02. The van der Waals surface area contributed by atoms with Gasteiger partial charge in [0.15, 0.2) is 0 Å². The van der Waals surface area contributed by atoms with Crippen molar-refractivity contribution in [3.63, 3.8) is 0 Å². The van der Waals surface area contributed by atoms with Crippen molar-refractivity contribution in [3.8, 4) is 5.69 Å². The Labute approximate surface area is 217 Å². The zero-order valence-corrected chi connectivity index (χ0v) is 23.3. The third kappa shape index (κ3) is 4.00. The van der Waals surface area contributed by atoms with Crippen molar-refractivity contribution in [3.05, 3.63) is 101 Å². The van der Waals surface area contributed by atoms with Gasteiger partial charge in [0, 0.05) is 22.6 Å². The number of aryl methyl sites for hydroxylation is 1. The summed E-state index contributed by atoms with van der Waals surface area (Å²) in [6.07, 6.45) is 0. The first-order valence-electron chi connectivity index (χ1n) is 10.1. The molecule has 3 heterocycles. The largest absolute Gasteiger partial charge is 3.00 e. The van der Waals surface area contributed by atoms with Crippen molar-refractivity contribution in [2.75, 3.05) is 0 Å². The minimum atomic E-state index is -1.19. The van der Waals surface area contributed by atoms with E-state index in [1.807, 2.05) is 0 Å². The average Bonchev–Trinajstić information content (AvgIpc) is 3.39. The van der Waals surface area contributed by atoms with E-state index in [0.717, 1.165) is 5.54 Å². The number of aromatic nitrogens is 1. The van der Waals surface area contributed by atoms with E-state index in [2.05, 4.69) is 110 Å². The van der Waals surface area contributed by atoms with E-state index in [-0.39, 0.29) is 51.0 Å². The standard InChI is InChI=1S/C17H19NSi.C9H7.2ClH.Zr/c1-11-10-14-15(17-12(2)16(14)19(17,3)4)18(11)13-8-6-5-7-9-13;1-2-5-9-7-3-6-8(9)4-1;;;/h5-10,17H,1-4H3;1-7H;2*1H;/q;-1;;;+3/p-2. The molecule has 0 spiro atoms. The molecule has 1 unspecified atom stereocenters. The van der Waals surface area contributed by atoms with Crippen molar-refractivity contribution in [2.24, 2.45) is 0 Å². The number of para-hydroxylation sites is 1. The molecule has 0 amide bonds. The quantitative estimate of drug-likeness (QED) is 0.250. The van der Waals surface area contributed by atoms with Crippen LogP contribution >= 0.6 is 0 Å². The van der Waals surface area contributed by atoms with Gasteiger partial charge in [-0.3, -0.25) is 0 Å². The van der Waals surface area contributed by atoms with E-state index in [0.29, 0.717) is 0 Å². The summed E-state index contributed by atoms with van der Waals surface area (Å²) in [5.41, 5.74) is 8.20. The number of allylic oxidation sites excluding steroid dienone is 1. The number of fused-ring (bicyclic) bond motifs is 1. The number of rotatable bonds is 1. The molecule has 1 aromatic heterocycles. The van der Waals surface area contributed by atoms with Crippen molar-refractivity contribution in [2.45, 2.75) is 32.5 Å². The normalized spacial score (nSPS) is 16.7. The number of nitrogens with zero attached hydrogens (tertiary/aromatic N) is 1. The molecular formula is C26H26Cl2NSiZr. The van der Waals surface area contributed by atoms with Gasteiger partial charge in [0.05, 0.1) is 8.07 Å². The van der Waals surface area contributed by atoms with E-state index >= 15 is 0 Å². The van der Waals surface area contributed by atoms with Crippen LogP contribution in [0.3, 0.4) is 0 Å². The van der Waals surface area contributed by atoms with Crippen LogP contribution in [0.4, 0.5) is 0 Å². The zero-order chi connectivity index (χ0) is 19.5. The van der Waals surface area contributed by atoms with Gasteiger partial charge >= 0.3 is 26.2 Å². The summed E-state index contributed by atoms with van der Waals surface area (Å²) in [5, 5.41) is 4.39. The van der Waals surface area contributed by atoms with Crippen molar-refractivity contribution in [1.29, 1.82) is 0 Å². The number of halogens is 2. The van der Waals surface area contributed by atoms with Crippen LogP contribution in [0.15, 0.2) is 84.4 Å². The fourth-order valence-corrected chi connectivity index (χ4v) is 9.81. The molecule has 0 saturated heterocycles. The maximum atomic E-state index is 2.52. The monoisotopic (exact) mass is 540 g/mol. The van der Waals surface area contributed by atoms with Crippen LogP contribution in [0.1, 0.15) is 29.4 Å². The molecule has 31 heavy (non-hydrogen) atoms. The molecule has 1 radical (unpaired) electrons. The summed E-state index contributed by atoms with van der Waals surface area (Å²) in [4.78, 5) is 0. The molecule has 157 valence electrons. The summed E-state index contributed by atoms with van der Waals surface area (Å²) in [5.74, 6) is 0. The van der Waals surface area contributed by atoms with Gasteiger partial charge in [-0.15, -0.1) is 29.7 Å². The van der Waals surface area contributed by atoms with Crippen LogP contribution in [0.25, 0.3) is 21.7 Å². The third-order valence-electron chi connectivity index (χ3n) is 6.52. The SMILES string of the molecule is CC1=C2c3cc(C)n(-c4ccccc4)c3C1[Si]2(C)C.[Cl-].[Cl-].[Zr+3].c1ccc2[cH-]ccc2c1. The Bertz CT molecular complexity index is 1190. The number of benzene rings is 2. The number of hydrogen-bond acceptors (Lipinski definition) is 0. The van der Waals surface area contributed by atoms with Crippen LogP contribution in [0.2, 0.25) is 13.1 Å². The van der Waals surface area contributed by atoms with Gasteiger partial charge in [-0.2, -0.15) is 17.5 Å². The summed E-state index contributed by atoms with van der Waals surface area (Å²) in [6, 6.07) is 27.9. The van der Waals surface area contributed by atoms with Crippen molar-refractivity contribution >= 4 is 24.0 Å². The second kappa shape index (κ2) is 9.71. The first-order valence-corrected chi connectivity index (χ1v) is 13.2. The third-order valence-corrected chi connectivity index (χ3v) is 10.6. The van der Waals surface area contributed by atoms with E-state index in [1.165, 1.54) is 22.2 Å². The summed E-state index contributed by atoms with van der Waals surface area (Å²) in [6.45, 7) is 9.60. The maximum absolute atomic E-state index is 2.52. The molecule has 1 nitrogen and oxygen atoms in total. The van der Waals surface area contributed by atoms with E-state index < -0.39 is 8.07 Å². The molecular weight excluding hydrogens is 517 g/mol. The molecule has 0 saturated carbocycles. The van der Waals surface area contributed by atoms with Gasteiger partial charge < -0.3 is 29.4 Å². The van der Waals surface area contributed by atoms with E-state index in [4.69, 9.17) is 0 Å². The van der Waals surface area contributed by atoms with Crippen LogP contribution in [0.5, 0.6) is 0 Å². The Kier molecular flexibility index (Phi) is 8.15. The minimum Gasteiger partial charge on any atom is -1.00 e. The van der Waals surface area contributed by atoms with Gasteiger partial charge in [0.25, 0.3) is 0 Å². The molecule has 0 fully saturated rings. The summed E-state index contributed by atoms with van der Waals surface area (Å²) < 4.78 is 2.48. The van der Waals surface area contributed by atoms with Gasteiger partial charge in [-0.05, 0) is 37.6 Å². The number of hydrogen-bond donors (Lipinski definition) is 0. The van der Waals surface area contributed by atoms with Crippen LogP contribution in [-0.2, 0) is 26.2 Å². The first kappa shape index (κ1) is 26.0. The Morgan fingerprint density at radius 3 is 2.16 bits per heavy atom. The summed E-state index contributed by atoms with van der Waals surface area (Å²) in [7, 11) is -1.19. The van der Waals surface area contributed by atoms with Gasteiger partial charge in [0.1, 0.15) is 0 Å². The van der Waals surface area contributed by atoms with E-state index in [9.17, 15) is 0 Å². The fourth-order valence-electron chi connectivity index (χ4n) is 5.50. The molecule has 2 aliphatic heterocycles. The fraction of sp³-hybridized carbons (Fsp3) is 0.192. The van der Waals surface area contributed by atoms with Crippen LogP contribution in [-0.4, -0.2) is 12.6 Å². The molecule has 0 N–H and O–H groups in total. The van der Waals surface area contributed by atoms with E-state index in [1.54, 1.807) is 22.0 Å². The topological polar surface area (TPSA) is 4.93 Å². The van der Waals surface area contributed by atoms with Crippen molar-refractivity contribution in [1.82, 2.24) is 4.57 Å². The smallest absolute Gasteiger partial charge is 1.00 e. The molecule has 2 bridgehead atoms. The van der Waals surface area contributed by atoms with Gasteiger partial charge in [0.2, 0.25) is 0 Å². The second-order valence-electron chi connectivity index (χ2n) is 8.62. The molecule has 4 aromatic rings. The Morgan fingerprint density at radius 1 is 0.871 bits per heavy atom. The molecule has 3 aliphatic rings. The zero-order valence-electron chi connectivity index (χ0n) is 18.3. The van der Waals surface area contributed by atoms with Crippen LogP contribution < -0.4 is 24.8 Å². The second-order valence-corrected chi connectivity index (χ2v) is 13.1. The molecule has 1 aliphatic carbocycles.